The van der Waals surface area contributed by atoms with Crippen LogP contribution in [0.4, 0.5) is 0 Å². The first-order valence-electron chi connectivity index (χ1n) is 7.21. The minimum atomic E-state index is 0.444. The fraction of sp³-hybridized carbons (Fsp3) is 0. The Morgan fingerprint density at radius 3 is 1.42 bits per heavy atom. The number of fused-ring (bicyclic) bond motifs is 1. The molecule has 0 spiro atoms. The fourth-order valence-electron chi connectivity index (χ4n) is 2.56. The summed E-state index contributed by atoms with van der Waals surface area (Å²) in [6.45, 7) is 0. The van der Waals surface area contributed by atoms with E-state index >= 15 is 0 Å². The summed E-state index contributed by atoms with van der Waals surface area (Å²) in [7, 11) is 0. The number of rotatable bonds is 2. The highest BCUT2D eigenvalue weighted by Gasteiger charge is 2.12. The molecule has 1 aromatic carbocycles. The Kier molecular flexibility index (Phi) is 3.84. The first-order valence-corrected chi connectivity index (χ1v) is 7.97. The van der Waals surface area contributed by atoms with Crippen LogP contribution in [-0.2, 0) is 0 Å². The van der Waals surface area contributed by atoms with Crippen LogP contribution in [0.25, 0.3) is 33.3 Å². The Morgan fingerprint density at radius 1 is 0.583 bits per heavy atom. The Labute approximate surface area is 148 Å². The van der Waals surface area contributed by atoms with Crippen molar-refractivity contribution >= 4 is 34.0 Å². The van der Waals surface area contributed by atoms with Gasteiger partial charge in [0.25, 0.3) is 0 Å². The molecule has 0 amide bonds. The van der Waals surface area contributed by atoms with Crippen molar-refractivity contribution in [2.75, 3.05) is 0 Å². The summed E-state index contributed by atoms with van der Waals surface area (Å²) in [6, 6.07) is 15.2. The lowest BCUT2D eigenvalue weighted by Gasteiger charge is -2.09. The van der Waals surface area contributed by atoms with E-state index < -0.39 is 0 Å². The van der Waals surface area contributed by atoms with Gasteiger partial charge in [-0.25, -0.2) is 9.97 Å². The minimum absolute atomic E-state index is 0.444. The summed E-state index contributed by atoms with van der Waals surface area (Å²) >= 11 is 11.7. The van der Waals surface area contributed by atoms with Crippen LogP contribution in [0.15, 0.2) is 60.9 Å². The predicted molar refractivity (Wildman–Crippen MR) is 96.0 cm³/mol. The van der Waals surface area contributed by atoms with Crippen molar-refractivity contribution in [2.45, 2.75) is 0 Å². The molecular weight excluding hydrogens is 343 g/mol. The second kappa shape index (κ2) is 6.15. The van der Waals surface area contributed by atoms with Crippen LogP contribution in [0.2, 0.25) is 10.3 Å². The van der Waals surface area contributed by atoms with Gasteiger partial charge in [-0.3, -0.25) is 0 Å². The Balaban J connectivity index is 1.95. The smallest absolute Gasteiger partial charge is 0.129 e. The van der Waals surface area contributed by atoms with Crippen LogP contribution in [0.5, 0.6) is 0 Å². The molecule has 0 aliphatic rings. The molecule has 0 bridgehead atoms. The van der Waals surface area contributed by atoms with E-state index in [1.807, 2.05) is 36.4 Å². The zero-order valence-electron chi connectivity index (χ0n) is 12.3. The summed E-state index contributed by atoms with van der Waals surface area (Å²) in [5.74, 6) is 0. The van der Waals surface area contributed by atoms with Crippen molar-refractivity contribution in [1.82, 2.24) is 20.2 Å². The zero-order chi connectivity index (χ0) is 16.5. The van der Waals surface area contributed by atoms with Gasteiger partial charge in [0, 0.05) is 34.3 Å². The van der Waals surface area contributed by atoms with Gasteiger partial charge in [-0.1, -0.05) is 47.5 Å². The minimum Gasteiger partial charge on any atom is -0.244 e. The third-order valence-corrected chi connectivity index (χ3v) is 4.14. The summed E-state index contributed by atoms with van der Waals surface area (Å²) in [4.78, 5) is 8.25. The standard InChI is InChI=1S/C18H10Cl2N4/c19-15-7-5-11(9-21-15)17-13-3-1-2-4-14(13)18(24-23-17)12-6-8-16(20)22-10-12/h1-10H. The molecule has 4 aromatic rings. The maximum absolute atomic E-state index is 5.87. The third-order valence-electron chi connectivity index (χ3n) is 3.69. The molecule has 0 aliphatic heterocycles. The highest BCUT2D eigenvalue weighted by molar-refractivity contribution is 6.29. The first kappa shape index (κ1) is 15.0. The van der Waals surface area contributed by atoms with Crippen LogP contribution in [-0.4, -0.2) is 20.2 Å². The molecule has 0 aliphatic carbocycles. The Hall–Kier alpha value is -2.56. The molecule has 4 nitrogen and oxygen atoms in total. The maximum atomic E-state index is 5.87. The fourth-order valence-corrected chi connectivity index (χ4v) is 2.79. The SMILES string of the molecule is Clc1ccc(-c2nnc(-c3ccc(Cl)nc3)c3ccccc23)cn1. The molecule has 3 heterocycles. The van der Waals surface area contributed by atoms with E-state index in [0.29, 0.717) is 10.3 Å². The van der Waals surface area contributed by atoms with Gasteiger partial charge < -0.3 is 0 Å². The second-order valence-corrected chi connectivity index (χ2v) is 5.96. The molecule has 0 unspecified atom stereocenters. The lowest BCUT2D eigenvalue weighted by atomic mass is 10.0. The third kappa shape index (κ3) is 2.70. The normalized spacial score (nSPS) is 10.9. The van der Waals surface area contributed by atoms with Crippen LogP contribution >= 0.6 is 23.2 Å². The number of halogens is 2. The molecule has 3 aromatic heterocycles. The highest BCUT2D eigenvalue weighted by Crippen LogP contribution is 2.32. The van der Waals surface area contributed by atoms with E-state index in [0.717, 1.165) is 33.3 Å². The quantitative estimate of drug-likeness (QED) is 0.473. The molecule has 0 saturated carbocycles. The summed E-state index contributed by atoms with van der Waals surface area (Å²) in [6.07, 6.45) is 3.39. The van der Waals surface area contributed by atoms with E-state index in [4.69, 9.17) is 23.2 Å². The lowest BCUT2D eigenvalue weighted by Crippen LogP contribution is -1.95. The van der Waals surface area contributed by atoms with Gasteiger partial charge >= 0.3 is 0 Å². The molecule has 6 heteroatoms. The Morgan fingerprint density at radius 2 is 1.04 bits per heavy atom. The maximum Gasteiger partial charge on any atom is 0.129 e. The van der Waals surface area contributed by atoms with E-state index in [9.17, 15) is 0 Å². The van der Waals surface area contributed by atoms with E-state index in [2.05, 4.69) is 20.2 Å². The summed E-state index contributed by atoms with van der Waals surface area (Å²) < 4.78 is 0. The van der Waals surface area contributed by atoms with Crippen molar-refractivity contribution in [3.63, 3.8) is 0 Å². The van der Waals surface area contributed by atoms with Gasteiger partial charge in [0.1, 0.15) is 21.7 Å². The van der Waals surface area contributed by atoms with Crippen LogP contribution in [0, 0.1) is 0 Å². The highest BCUT2D eigenvalue weighted by atomic mass is 35.5. The molecule has 0 saturated heterocycles. The van der Waals surface area contributed by atoms with Gasteiger partial charge in [0.2, 0.25) is 0 Å². The van der Waals surface area contributed by atoms with Crippen molar-refractivity contribution in [3.8, 4) is 22.5 Å². The van der Waals surface area contributed by atoms with Gasteiger partial charge in [0.15, 0.2) is 0 Å². The number of hydrogen-bond donors (Lipinski definition) is 0. The number of pyridine rings is 2. The van der Waals surface area contributed by atoms with Crippen molar-refractivity contribution in [3.05, 3.63) is 71.2 Å². The van der Waals surface area contributed by atoms with Crippen molar-refractivity contribution in [1.29, 1.82) is 0 Å². The monoisotopic (exact) mass is 352 g/mol. The molecule has 0 fully saturated rings. The van der Waals surface area contributed by atoms with Crippen LogP contribution < -0.4 is 0 Å². The summed E-state index contributed by atoms with van der Waals surface area (Å²) in [5, 5.41) is 11.7. The molecule has 0 radical (unpaired) electrons. The molecule has 116 valence electrons. The van der Waals surface area contributed by atoms with Gasteiger partial charge in [0.05, 0.1) is 0 Å². The van der Waals surface area contributed by atoms with Crippen LogP contribution in [0.1, 0.15) is 0 Å². The predicted octanol–water partition coefficient (Wildman–Crippen LogP) is 5.06. The molecular formula is C18H10Cl2N4. The first-order chi connectivity index (χ1) is 11.7. The topological polar surface area (TPSA) is 51.6 Å². The number of hydrogen-bond acceptors (Lipinski definition) is 4. The van der Waals surface area contributed by atoms with E-state index in [1.165, 1.54) is 0 Å². The Bertz CT molecular complexity index is 931. The number of aromatic nitrogens is 4. The van der Waals surface area contributed by atoms with E-state index in [-0.39, 0.29) is 0 Å². The van der Waals surface area contributed by atoms with Crippen molar-refractivity contribution < 1.29 is 0 Å². The molecule has 4 rings (SSSR count). The van der Waals surface area contributed by atoms with Crippen molar-refractivity contribution in [2.24, 2.45) is 0 Å². The van der Waals surface area contributed by atoms with E-state index in [1.54, 1.807) is 24.5 Å². The lowest BCUT2D eigenvalue weighted by molar-refractivity contribution is 1.06. The average Bonchev–Trinajstić information content (AvgIpc) is 2.62. The van der Waals surface area contributed by atoms with Gasteiger partial charge in [-0.05, 0) is 24.3 Å². The average molecular weight is 353 g/mol. The zero-order valence-corrected chi connectivity index (χ0v) is 13.8. The second-order valence-electron chi connectivity index (χ2n) is 5.18. The van der Waals surface area contributed by atoms with Crippen LogP contribution in [0.3, 0.4) is 0 Å². The van der Waals surface area contributed by atoms with Gasteiger partial charge in [-0.15, -0.1) is 10.2 Å². The van der Waals surface area contributed by atoms with Gasteiger partial charge in [-0.2, -0.15) is 0 Å². The number of benzene rings is 1. The molecule has 0 atom stereocenters. The largest absolute Gasteiger partial charge is 0.244 e. The number of nitrogens with zero attached hydrogens (tertiary/aromatic N) is 4. The summed E-state index contributed by atoms with van der Waals surface area (Å²) in [5.41, 5.74) is 3.26. The molecule has 0 N–H and O–H groups in total. The molecule has 24 heavy (non-hydrogen) atoms.